The summed E-state index contributed by atoms with van der Waals surface area (Å²) in [4.78, 5) is 0. The van der Waals surface area contributed by atoms with E-state index in [2.05, 4.69) is 0 Å². The van der Waals surface area contributed by atoms with Crippen molar-refractivity contribution in [2.45, 2.75) is 25.8 Å². The van der Waals surface area contributed by atoms with E-state index < -0.39 is 6.43 Å². The fourth-order valence-electron chi connectivity index (χ4n) is 1.16. The number of hydrogen-bond acceptors (Lipinski definition) is 1. The molecule has 1 nitrogen and oxygen atoms in total. The lowest BCUT2D eigenvalue weighted by atomic mass is 10.0. The van der Waals surface area contributed by atoms with E-state index in [0.717, 1.165) is 12.0 Å². The normalized spacial score (nSPS) is 13.3. The number of halogens is 2. The summed E-state index contributed by atoms with van der Waals surface area (Å²) in [6, 6.07) is 6.14. The molecular weight excluding hydrogens is 172 g/mol. The van der Waals surface area contributed by atoms with Gasteiger partial charge in [0.15, 0.2) is 0 Å². The molecule has 0 aromatic heterocycles. The molecule has 0 radical (unpaired) electrons. The number of alkyl halides is 2. The minimum atomic E-state index is -2.41. The van der Waals surface area contributed by atoms with Gasteiger partial charge >= 0.3 is 0 Å². The fraction of sp³-hybridized carbons (Fsp3) is 0.400. The predicted molar refractivity (Wildman–Crippen MR) is 48.6 cm³/mol. The Morgan fingerprint density at radius 2 is 1.92 bits per heavy atom. The fourth-order valence-corrected chi connectivity index (χ4v) is 1.16. The van der Waals surface area contributed by atoms with Crippen molar-refractivity contribution in [3.05, 3.63) is 35.4 Å². The van der Waals surface area contributed by atoms with Gasteiger partial charge in [0.2, 0.25) is 0 Å². The average Bonchev–Trinajstić information content (AvgIpc) is 2.17. The van der Waals surface area contributed by atoms with Crippen molar-refractivity contribution in [3.8, 4) is 0 Å². The van der Waals surface area contributed by atoms with Crippen LogP contribution in [0.15, 0.2) is 24.3 Å². The Morgan fingerprint density at radius 3 is 2.46 bits per heavy atom. The molecule has 0 heterocycles. The molecule has 1 atom stereocenters. The smallest absolute Gasteiger partial charge is 0.263 e. The van der Waals surface area contributed by atoms with Crippen LogP contribution in [0.2, 0.25) is 0 Å². The van der Waals surface area contributed by atoms with E-state index in [0.29, 0.717) is 0 Å². The third kappa shape index (κ3) is 2.49. The molecule has 1 aromatic rings. The van der Waals surface area contributed by atoms with Gasteiger partial charge in [0.25, 0.3) is 6.43 Å². The summed E-state index contributed by atoms with van der Waals surface area (Å²) in [5.74, 6) is 0. The number of benzene rings is 1. The molecule has 72 valence electrons. The van der Waals surface area contributed by atoms with Gasteiger partial charge in [0.1, 0.15) is 0 Å². The van der Waals surface area contributed by atoms with Gasteiger partial charge in [0, 0.05) is 11.6 Å². The monoisotopic (exact) mass is 185 g/mol. The van der Waals surface area contributed by atoms with Crippen molar-refractivity contribution in [3.63, 3.8) is 0 Å². The Balaban J connectivity index is 2.91. The van der Waals surface area contributed by atoms with Crippen molar-refractivity contribution in [2.24, 2.45) is 5.73 Å². The number of hydrogen-bond donors (Lipinski definition) is 1. The molecule has 0 saturated carbocycles. The summed E-state index contributed by atoms with van der Waals surface area (Å²) in [5, 5.41) is 0. The van der Waals surface area contributed by atoms with Crippen molar-refractivity contribution in [1.29, 1.82) is 0 Å². The second-order valence-corrected chi connectivity index (χ2v) is 2.99. The van der Waals surface area contributed by atoms with Crippen molar-refractivity contribution < 1.29 is 8.78 Å². The molecular formula is C10H13F2N. The first kappa shape index (κ1) is 10.1. The van der Waals surface area contributed by atoms with E-state index in [4.69, 9.17) is 5.73 Å². The minimum Gasteiger partial charge on any atom is -0.324 e. The molecule has 0 aliphatic heterocycles. The second-order valence-electron chi connectivity index (χ2n) is 2.99. The molecule has 1 aromatic carbocycles. The Labute approximate surface area is 76.6 Å². The molecule has 3 heteroatoms. The van der Waals surface area contributed by atoms with Gasteiger partial charge in [0.05, 0.1) is 0 Å². The Morgan fingerprint density at radius 1 is 1.31 bits per heavy atom. The molecule has 1 rings (SSSR count). The van der Waals surface area contributed by atoms with E-state index in [1.807, 2.05) is 6.92 Å². The topological polar surface area (TPSA) is 26.0 Å². The number of rotatable bonds is 3. The van der Waals surface area contributed by atoms with Gasteiger partial charge in [-0.15, -0.1) is 0 Å². The van der Waals surface area contributed by atoms with Crippen LogP contribution in [0.3, 0.4) is 0 Å². The van der Waals surface area contributed by atoms with Crippen LogP contribution >= 0.6 is 0 Å². The maximum absolute atomic E-state index is 12.3. The lowest BCUT2D eigenvalue weighted by Crippen LogP contribution is -2.08. The third-order valence-electron chi connectivity index (χ3n) is 2.03. The van der Waals surface area contributed by atoms with Crippen LogP contribution in [0.1, 0.15) is 36.9 Å². The molecule has 0 bridgehead atoms. The Bertz CT molecular complexity index is 273. The zero-order chi connectivity index (χ0) is 9.84. The molecule has 0 unspecified atom stereocenters. The summed E-state index contributed by atoms with van der Waals surface area (Å²) in [6.07, 6.45) is -1.66. The van der Waals surface area contributed by atoms with Crippen LogP contribution in [-0.4, -0.2) is 0 Å². The van der Waals surface area contributed by atoms with Gasteiger partial charge in [-0.05, 0) is 18.1 Å². The lowest BCUT2D eigenvalue weighted by Gasteiger charge is -2.10. The van der Waals surface area contributed by atoms with Crippen LogP contribution in [-0.2, 0) is 0 Å². The first-order chi connectivity index (χ1) is 6.15. The predicted octanol–water partition coefficient (Wildman–Crippen LogP) is 3.03. The van der Waals surface area contributed by atoms with Crippen molar-refractivity contribution >= 4 is 0 Å². The summed E-state index contributed by atoms with van der Waals surface area (Å²) in [5.41, 5.74) is 6.54. The SMILES string of the molecule is CC[C@H](N)c1cccc(C(F)F)c1. The summed E-state index contributed by atoms with van der Waals surface area (Å²) < 4.78 is 24.5. The highest BCUT2D eigenvalue weighted by Gasteiger charge is 2.09. The van der Waals surface area contributed by atoms with Gasteiger partial charge in [-0.1, -0.05) is 25.1 Å². The van der Waals surface area contributed by atoms with Gasteiger partial charge in [-0.2, -0.15) is 0 Å². The molecule has 0 fully saturated rings. The Hall–Kier alpha value is -0.960. The van der Waals surface area contributed by atoms with Crippen molar-refractivity contribution in [2.75, 3.05) is 0 Å². The third-order valence-corrected chi connectivity index (χ3v) is 2.03. The van der Waals surface area contributed by atoms with Crippen LogP contribution in [0.4, 0.5) is 8.78 Å². The minimum absolute atomic E-state index is 0.0430. The molecule has 0 aliphatic rings. The van der Waals surface area contributed by atoms with E-state index in [1.54, 1.807) is 12.1 Å². The highest BCUT2D eigenvalue weighted by atomic mass is 19.3. The first-order valence-corrected chi connectivity index (χ1v) is 4.28. The molecule has 13 heavy (non-hydrogen) atoms. The van der Waals surface area contributed by atoms with E-state index in [-0.39, 0.29) is 11.6 Å². The first-order valence-electron chi connectivity index (χ1n) is 4.28. The van der Waals surface area contributed by atoms with Crippen LogP contribution in [0, 0.1) is 0 Å². The summed E-state index contributed by atoms with van der Waals surface area (Å²) in [6.45, 7) is 1.93. The van der Waals surface area contributed by atoms with Crippen LogP contribution < -0.4 is 5.73 Å². The highest BCUT2D eigenvalue weighted by Crippen LogP contribution is 2.22. The number of nitrogens with two attached hydrogens (primary N) is 1. The molecule has 0 amide bonds. The van der Waals surface area contributed by atoms with E-state index >= 15 is 0 Å². The standard InChI is InChI=1S/C10H13F2N/c1-2-9(13)7-4-3-5-8(6-7)10(11)12/h3-6,9-10H,2,13H2,1H3/t9-/m0/s1. The zero-order valence-corrected chi connectivity index (χ0v) is 7.50. The maximum atomic E-state index is 12.3. The lowest BCUT2D eigenvalue weighted by molar-refractivity contribution is 0.151. The molecule has 0 saturated heterocycles. The summed E-state index contributed by atoms with van der Waals surface area (Å²) >= 11 is 0. The maximum Gasteiger partial charge on any atom is 0.263 e. The van der Waals surface area contributed by atoms with E-state index in [1.165, 1.54) is 12.1 Å². The van der Waals surface area contributed by atoms with Gasteiger partial charge < -0.3 is 5.73 Å². The second kappa shape index (κ2) is 4.33. The van der Waals surface area contributed by atoms with Gasteiger partial charge in [-0.3, -0.25) is 0 Å². The highest BCUT2D eigenvalue weighted by molar-refractivity contribution is 5.26. The van der Waals surface area contributed by atoms with Crippen LogP contribution in [0.25, 0.3) is 0 Å². The van der Waals surface area contributed by atoms with Gasteiger partial charge in [-0.25, -0.2) is 8.78 Å². The quantitative estimate of drug-likeness (QED) is 0.769. The molecule has 0 spiro atoms. The largest absolute Gasteiger partial charge is 0.324 e. The molecule has 0 aliphatic carbocycles. The summed E-state index contributed by atoms with van der Waals surface area (Å²) in [7, 11) is 0. The van der Waals surface area contributed by atoms with Crippen molar-refractivity contribution in [1.82, 2.24) is 0 Å². The molecule has 2 N–H and O–H groups in total. The van der Waals surface area contributed by atoms with E-state index in [9.17, 15) is 8.78 Å². The van der Waals surface area contributed by atoms with Crippen LogP contribution in [0.5, 0.6) is 0 Å². The Kier molecular flexibility index (Phi) is 3.37. The zero-order valence-electron chi connectivity index (χ0n) is 7.50. The average molecular weight is 185 g/mol.